The predicted molar refractivity (Wildman–Crippen MR) is 117 cm³/mol. The quantitative estimate of drug-likeness (QED) is 0.475. The maximum absolute atomic E-state index is 12.8. The van der Waals surface area contributed by atoms with Crippen molar-refractivity contribution in [2.45, 2.75) is 27.7 Å². The van der Waals surface area contributed by atoms with Gasteiger partial charge in [0.2, 0.25) is 0 Å². The highest BCUT2D eigenvalue weighted by atomic mass is 79.9. The van der Waals surface area contributed by atoms with Gasteiger partial charge in [-0.15, -0.1) is 10.2 Å². The fourth-order valence-corrected chi connectivity index (χ4v) is 3.55. The number of nitrogens with one attached hydrogen (secondary N) is 1. The van der Waals surface area contributed by atoms with Crippen LogP contribution in [0.15, 0.2) is 46.9 Å². The molecule has 0 bridgehead atoms. The summed E-state index contributed by atoms with van der Waals surface area (Å²) in [5.74, 6) is -0.307. The number of amides is 1. The summed E-state index contributed by atoms with van der Waals surface area (Å²) in [4.78, 5) is 12.8. The lowest BCUT2D eigenvalue weighted by Gasteiger charge is -2.09. The van der Waals surface area contributed by atoms with Gasteiger partial charge < -0.3 is 5.32 Å². The van der Waals surface area contributed by atoms with Crippen LogP contribution in [0.4, 0.5) is 5.69 Å². The molecule has 2 heterocycles. The predicted octanol–water partition coefficient (Wildman–Crippen LogP) is 5.04. The van der Waals surface area contributed by atoms with E-state index in [0.717, 1.165) is 32.5 Å². The Morgan fingerprint density at radius 2 is 1.69 bits per heavy atom. The Balaban J connectivity index is 1.73. The SMILES string of the molecule is Cc1ccc(NC(=O)c2nnc3c(-c4ccc(Br)cc4)c(C)nn3c2C)cc1C. The molecule has 6 nitrogen and oxygen atoms in total. The second-order valence-corrected chi connectivity index (χ2v) is 8.01. The molecule has 0 saturated carbocycles. The first-order chi connectivity index (χ1) is 13.8. The largest absolute Gasteiger partial charge is 0.321 e. The maximum atomic E-state index is 12.8. The molecular weight excluding hydrogens is 430 g/mol. The molecule has 0 aliphatic carbocycles. The number of benzene rings is 2. The van der Waals surface area contributed by atoms with Gasteiger partial charge in [-0.3, -0.25) is 4.79 Å². The molecule has 0 spiro atoms. The number of anilines is 1. The zero-order valence-corrected chi connectivity index (χ0v) is 18.2. The molecule has 4 aromatic rings. The highest BCUT2D eigenvalue weighted by Crippen LogP contribution is 2.29. The Bertz CT molecular complexity index is 1240. The summed E-state index contributed by atoms with van der Waals surface area (Å²) >= 11 is 3.46. The average molecular weight is 450 g/mol. The van der Waals surface area contributed by atoms with Gasteiger partial charge in [0.15, 0.2) is 11.3 Å². The second-order valence-electron chi connectivity index (χ2n) is 7.09. The Morgan fingerprint density at radius 3 is 2.38 bits per heavy atom. The Morgan fingerprint density at radius 1 is 0.966 bits per heavy atom. The van der Waals surface area contributed by atoms with Crippen LogP contribution in [0.1, 0.15) is 33.0 Å². The van der Waals surface area contributed by atoms with Crippen molar-refractivity contribution in [3.63, 3.8) is 0 Å². The van der Waals surface area contributed by atoms with Gasteiger partial charge in [-0.05, 0) is 68.7 Å². The number of nitrogens with zero attached hydrogens (tertiary/aromatic N) is 4. The molecule has 0 unspecified atom stereocenters. The summed E-state index contributed by atoms with van der Waals surface area (Å²) in [7, 11) is 0. The standard InChI is InChI=1S/C22H20BrN5O/c1-12-5-10-18(11-13(12)2)24-22(29)20-15(4)28-21(26-25-20)19(14(3)27-28)16-6-8-17(23)9-7-16/h5-11H,1-4H3,(H,24,29). The summed E-state index contributed by atoms with van der Waals surface area (Å²) in [6.07, 6.45) is 0. The molecule has 1 N–H and O–H groups in total. The number of aromatic nitrogens is 4. The molecule has 0 saturated heterocycles. The fourth-order valence-electron chi connectivity index (χ4n) is 3.29. The van der Waals surface area contributed by atoms with E-state index < -0.39 is 0 Å². The summed E-state index contributed by atoms with van der Waals surface area (Å²) in [5, 5.41) is 16.1. The fraction of sp³-hybridized carbons (Fsp3) is 0.182. The molecule has 0 atom stereocenters. The summed E-state index contributed by atoms with van der Waals surface area (Å²) in [6, 6.07) is 13.8. The summed E-state index contributed by atoms with van der Waals surface area (Å²) in [6.45, 7) is 7.81. The van der Waals surface area contributed by atoms with Gasteiger partial charge in [-0.2, -0.15) is 5.10 Å². The number of fused-ring (bicyclic) bond motifs is 1. The molecule has 4 rings (SSSR count). The smallest absolute Gasteiger partial charge is 0.278 e. The molecule has 0 fully saturated rings. The van der Waals surface area contributed by atoms with Gasteiger partial charge >= 0.3 is 0 Å². The van der Waals surface area contributed by atoms with Crippen molar-refractivity contribution in [2.75, 3.05) is 5.32 Å². The number of rotatable bonds is 3. The van der Waals surface area contributed by atoms with Crippen molar-refractivity contribution in [2.24, 2.45) is 0 Å². The number of halogens is 1. The average Bonchev–Trinajstić information content (AvgIpc) is 3.02. The van der Waals surface area contributed by atoms with Crippen LogP contribution in [-0.4, -0.2) is 25.7 Å². The highest BCUT2D eigenvalue weighted by Gasteiger charge is 2.20. The monoisotopic (exact) mass is 449 g/mol. The van der Waals surface area contributed by atoms with Crippen molar-refractivity contribution in [1.82, 2.24) is 19.8 Å². The molecular formula is C22H20BrN5O. The van der Waals surface area contributed by atoms with Gasteiger partial charge in [0.25, 0.3) is 5.91 Å². The van der Waals surface area contributed by atoms with E-state index in [2.05, 4.69) is 36.5 Å². The van der Waals surface area contributed by atoms with Crippen molar-refractivity contribution in [3.8, 4) is 11.1 Å². The van der Waals surface area contributed by atoms with Crippen molar-refractivity contribution in [3.05, 3.63) is 75.1 Å². The van der Waals surface area contributed by atoms with Crippen LogP contribution in [0.25, 0.3) is 16.8 Å². The minimum atomic E-state index is -0.307. The van der Waals surface area contributed by atoms with E-state index in [9.17, 15) is 4.79 Å². The zero-order valence-electron chi connectivity index (χ0n) is 16.6. The minimum absolute atomic E-state index is 0.251. The summed E-state index contributed by atoms with van der Waals surface area (Å²) < 4.78 is 2.69. The van der Waals surface area contributed by atoms with E-state index in [1.54, 1.807) is 4.52 Å². The van der Waals surface area contributed by atoms with Crippen LogP contribution in [-0.2, 0) is 0 Å². The zero-order chi connectivity index (χ0) is 20.7. The third-order valence-electron chi connectivity index (χ3n) is 5.05. The van der Waals surface area contributed by atoms with Gasteiger partial charge in [0.1, 0.15) is 0 Å². The molecule has 0 aliphatic heterocycles. The van der Waals surface area contributed by atoms with Crippen molar-refractivity contribution >= 4 is 33.2 Å². The van der Waals surface area contributed by atoms with Crippen LogP contribution in [0.2, 0.25) is 0 Å². The van der Waals surface area contributed by atoms with Gasteiger partial charge in [0, 0.05) is 10.2 Å². The minimum Gasteiger partial charge on any atom is -0.321 e. The molecule has 7 heteroatoms. The van der Waals surface area contributed by atoms with Crippen LogP contribution >= 0.6 is 15.9 Å². The third kappa shape index (κ3) is 3.53. The van der Waals surface area contributed by atoms with Crippen LogP contribution in [0.5, 0.6) is 0 Å². The first kappa shape index (κ1) is 19.3. The number of carbonyl (C=O) groups excluding carboxylic acids is 1. The molecule has 146 valence electrons. The third-order valence-corrected chi connectivity index (χ3v) is 5.58. The molecule has 2 aromatic carbocycles. The molecule has 0 radical (unpaired) electrons. The Hall–Kier alpha value is -3.06. The van der Waals surface area contributed by atoms with E-state index in [1.807, 2.05) is 70.2 Å². The first-order valence-corrected chi connectivity index (χ1v) is 10.0. The summed E-state index contributed by atoms with van der Waals surface area (Å²) in [5.41, 5.74) is 7.28. The van der Waals surface area contributed by atoms with Gasteiger partial charge in [-0.25, -0.2) is 4.52 Å². The number of aryl methyl sites for hydroxylation is 4. The Kier molecular flexibility index (Phi) is 4.92. The van der Waals surface area contributed by atoms with Crippen LogP contribution in [0, 0.1) is 27.7 Å². The highest BCUT2D eigenvalue weighted by molar-refractivity contribution is 9.10. The number of hydrogen-bond acceptors (Lipinski definition) is 4. The van der Waals surface area contributed by atoms with E-state index in [-0.39, 0.29) is 11.6 Å². The normalized spacial score (nSPS) is 11.1. The molecule has 29 heavy (non-hydrogen) atoms. The van der Waals surface area contributed by atoms with Gasteiger partial charge in [-0.1, -0.05) is 34.1 Å². The van der Waals surface area contributed by atoms with E-state index in [0.29, 0.717) is 11.3 Å². The van der Waals surface area contributed by atoms with E-state index in [1.165, 1.54) is 5.56 Å². The van der Waals surface area contributed by atoms with E-state index in [4.69, 9.17) is 0 Å². The van der Waals surface area contributed by atoms with Crippen molar-refractivity contribution < 1.29 is 4.79 Å². The lowest BCUT2D eigenvalue weighted by molar-refractivity contribution is 0.102. The number of hydrogen-bond donors (Lipinski definition) is 1. The lowest BCUT2D eigenvalue weighted by atomic mass is 10.1. The maximum Gasteiger partial charge on any atom is 0.278 e. The molecule has 1 amide bonds. The van der Waals surface area contributed by atoms with E-state index >= 15 is 0 Å². The number of carbonyl (C=O) groups is 1. The van der Waals surface area contributed by atoms with Crippen molar-refractivity contribution in [1.29, 1.82) is 0 Å². The molecule has 0 aliphatic rings. The first-order valence-electron chi connectivity index (χ1n) is 9.22. The van der Waals surface area contributed by atoms with Crippen LogP contribution in [0.3, 0.4) is 0 Å². The van der Waals surface area contributed by atoms with Crippen LogP contribution < -0.4 is 5.32 Å². The second kappa shape index (κ2) is 7.40. The van der Waals surface area contributed by atoms with Gasteiger partial charge in [0.05, 0.1) is 17.0 Å². The Labute approximate surface area is 177 Å². The lowest BCUT2D eigenvalue weighted by Crippen LogP contribution is -2.18. The topological polar surface area (TPSA) is 72.2 Å². The molecule has 2 aromatic heterocycles.